The molecule has 134 valence electrons. The van der Waals surface area contributed by atoms with E-state index in [2.05, 4.69) is 4.99 Å². The summed E-state index contributed by atoms with van der Waals surface area (Å²) >= 11 is 0. The molecule has 4 nitrogen and oxygen atoms in total. The molecule has 0 spiro atoms. The van der Waals surface area contributed by atoms with Gasteiger partial charge < -0.3 is 10.5 Å². The minimum absolute atomic E-state index is 0.257. The Kier molecular flexibility index (Phi) is 5.46. The minimum Gasteiger partial charge on any atom is -0.489 e. The monoisotopic (exact) mass is 352 g/mol. The molecule has 1 unspecified atom stereocenters. The number of nitrogens with two attached hydrogens (primary N) is 1. The Bertz CT molecular complexity index is 799. The van der Waals surface area contributed by atoms with Crippen LogP contribution in [0.5, 0.6) is 5.75 Å². The molecule has 0 fully saturated rings. The highest BCUT2D eigenvalue weighted by Gasteiger charge is 2.28. The highest BCUT2D eigenvalue weighted by molar-refractivity contribution is 5.76. The lowest BCUT2D eigenvalue weighted by Crippen LogP contribution is -2.27. The van der Waals surface area contributed by atoms with Crippen LogP contribution in [0.3, 0.4) is 0 Å². The molecule has 1 amide bonds. The average Bonchev–Trinajstić information content (AvgIpc) is 3.10. The van der Waals surface area contributed by atoms with E-state index in [0.717, 1.165) is 16.9 Å². The Morgan fingerprint density at radius 2 is 1.77 bits per heavy atom. The van der Waals surface area contributed by atoms with E-state index in [4.69, 9.17) is 10.5 Å². The van der Waals surface area contributed by atoms with E-state index in [1.54, 1.807) is 18.3 Å². The second kappa shape index (κ2) is 7.95. The van der Waals surface area contributed by atoms with Gasteiger partial charge in [-0.2, -0.15) is 0 Å². The third-order valence-electron chi connectivity index (χ3n) is 4.38. The third kappa shape index (κ3) is 4.79. The maximum Gasteiger partial charge on any atom is 0.217 e. The molecule has 0 saturated carbocycles. The standard InChI is InChI=1S/C21H21FN2O2/c22-18-6-2-17(3-7-18)15-26-19-8-4-16(5-9-19)14-21(11-1-13-24-21)12-10-20(23)25/h1-9,11,13H,10,12,14-15H2,(H2,23,25). The number of carbonyl (C=O) groups is 1. The largest absolute Gasteiger partial charge is 0.489 e. The van der Waals surface area contributed by atoms with Gasteiger partial charge in [-0.15, -0.1) is 0 Å². The Morgan fingerprint density at radius 3 is 2.38 bits per heavy atom. The van der Waals surface area contributed by atoms with Crippen molar-refractivity contribution in [2.75, 3.05) is 0 Å². The van der Waals surface area contributed by atoms with Gasteiger partial charge in [-0.05, 0) is 47.9 Å². The Labute approximate surface area is 152 Å². The van der Waals surface area contributed by atoms with E-state index in [-0.39, 0.29) is 11.7 Å². The molecular formula is C21H21FN2O2. The normalized spacial score (nSPS) is 18.2. The summed E-state index contributed by atoms with van der Waals surface area (Å²) in [7, 11) is 0. The number of aliphatic imine (C=N–C) groups is 1. The second-order valence-electron chi connectivity index (χ2n) is 6.44. The van der Waals surface area contributed by atoms with Crippen LogP contribution >= 0.6 is 0 Å². The molecule has 2 aromatic rings. The fourth-order valence-corrected chi connectivity index (χ4v) is 2.94. The van der Waals surface area contributed by atoms with Crippen LogP contribution in [-0.2, 0) is 17.8 Å². The van der Waals surface area contributed by atoms with Crippen molar-refractivity contribution in [1.82, 2.24) is 0 Å². The van der Waals surface area contributed by atoms with Gasteiger partial charge in [-0.3, -0.25) is 9.79 Å². The lowest BCUT2D eigenvalue weighted by Gasteiger charge is -2.24. The van der Waals surface area contributed by atoms with E-state index in [1.807, 2.05) is 36.4 Å². The molecule has 0 saturated heterocycles. The summed E-state index contributed by atoms with van der Waals surface area (Å²) in [6.45, 7) is 0.384. The summed E-state index contributed by atoms with van der Waals surface area (Å²) < 4.78 is 18.6. The van der Waals surface area contributed by atoms with Gasteiger partial charge in [0.2, 0.25) is 5.91 Å². The minimum atomic E-state index is -0.397. The molecule has 2 N–H and O–H groups in total. The number of halogens is 1. The quantitative estimate of drug-likeness (QED) is 0.789. The van der Waals surface area contributed by atoms with Gasteiger partial charge in [-0.25, -0.2) is 4.39 Å². The third-order valence-corrected chi connectivity index (χ3v) is 4.38. The number of ether oxygens (including phenoxy) is 1. The van der Waals surface area contributed by atoms with Gasteiger partial charge in [0.15, 0.2) is 0 Å². The van der Waals surface area contributed by atoms with Gasteiger partial charge in [0.1, 0.15) is 18.2 Å². The van der Waals surface area contributed by atoms with Crippen LogP contribution in [-0.4, -0.2) is 17.7 Å². The van der Waals surface area contributed by atoms with E-state index < -0.39 is 5.54 Å². The number of allylic oxidation sites excluding steroid dienone is 1. The number of hydrogen-bond acceptors (Lipinski definition) is 3. The topological polar surface area (TPSA) is 64.7 Å². The molecule has 0 radical (unpaired) electrons. The first-order valence-corrected chi connectivity index (χ1v) is 8.52. The van der Waals surface area contributed by atoms with Gasteiger partial charge in [0, 0.05) is 19.1 Å². The summed E-state index contributed by atoms with van der Waals surface area (Å²) in [6, 6.07) is 14.0. The number of primary amides is 1. The summed E-state index contributed by atoms with van der Waals surface area (Å²) in [5.74, 6) is 0.172. The molecule has 26 heavy (non-hydrogen) atoms. The van der Waals surface area contributed by atoms with Gasteiger partial charge in [-0.1, -0.05) is 30.3 Å². The average molecular weight is 352 g/mol. The van der Waals surface area contributed by atoms with E-state index in [1.165, 1.54) is 12.1 Å². The van der Waals surface area contributed by atoms with Crippen molar-refractivity contribution in [2.24, 2.45) is 10.7 Å². The van der Waals surface area contributed by atoms with Gasteiger partial charge >= 0.3 is 0 Å². The predicted molar refractivity (Wildman–Crippen MR) is 99.7 cm³/mol. The Hall–Kier alpha value is -2.95. The second-order valence-corrected chi connectivity index (χ2v) is 6.44. The number of benzene rings is 2. The Morgan fingerprint density at radius 1 is 1.08 bits per heavy atom. The van der Waals surface area contributed by atoms with E-state index >= 15 is 0 Å². The zero-order valence-corrected chi connectivity index (χ0v) is 14.4. The number of rotatable bonds is 8. The van der Waals surface area contributed by atoms with Crippen molar-refractivity contribution < 1.29 is 13.9 Å². The molecule has 1 aliphatic heterocycles. The SMILES string of the molecule is NC(=O)CCC1(Cc2ccc(OCc3ccc(F)cc3)cc2)C=CC=N1. The zero-order chi connectivity index (χ0) is 18.4. The van der Waals surface area contributed by atoms with Crippen LogP contribution in [0, 0.1) is 5.82 Å². The molecule has 2 aromatic carbocycles. The number of amides is 1. The van der Waals surface area contributed by atoms with Crippen molar-refractivity contribution >= 4 is 12.1 Å². The van der Waals surface area contributed by atoms with E-state index in [9.17, 15) is 9.18 Å². The summed E-state index contributed by atoms with van der Waals surface area (Å²) in [5.41, 5.74) is 6.90. The van der Waals surface area contributed by atoms with Crippen LogP contribution in [0.2, 0.25) is 0 Å². The van der Waals surface area contributed by atoms with Gasteiger partial charge in [0.25, 0.3) is 0 Å². The fourth-order valence-electron chi connectivity index (χ4n) is 2.94. The summed E-state index contributed by atoms with van der Waals surface area (Å²) in [6.07, 6.45) is 7.29. The Balaban J connectivity index is 1.59. The lowest BCUT2D eigenvalue weighted by molar-refractivity contribution is -0.118. The van der Waals surface area contributed by atoms with Crippen molar-refractivity contribution in [1.29, 1.82) is 0 Å². The van der Waals surface area contributed by atoms with Crippen molar-refractivity contribution in [3.8, 4) is 5.75 Å². The first kappa shape index (κ1) is 17.9. The molecule has 0 aromatic heterocycles. The molecule has 1 heterocycles. The molecule has 1 aliphatic rings. The van der Waals surface area contributed by atoms with Gasteiger partial charge in [0.05, 0.1) is 5.54 Å². The highest BCUT2D eigenvalue weighted by Crippen LogP contribution is 2.28. The van der Waals surface area contributed by atoms with Crippen LogP contribution in [0.15, 0.2) is 65.7 Å². The first-order valence-electron chi connectivity index (χ1n) is 8.52. The fraction of sp³-hybridized carbons (Fsp3) is 0.238. The molecule has 0 bridgehead atoms. The smallest absolute Gasteiger partial charge is 0.217 e. The predicted octanol–water partition coefficient (Wildman–Crippen LogP) is 3.59. The molecule has 1 atom stereocenters. The summed E-state index contributed by atoms with van der Waals surface area (Å²) in [5, 5.41) is 0. The lowest BCUT2D eigenvalue weighted by atomic mass is 9.87. The van der Waals surface area contributed by atoms with Crippen molar-refractivity contribution in [2.45, 2.75) is 31.4 Å². The van der Waals surface area contributed by atoms with Crippen LogP contribution in [0.25, 0.3) is 0 Å². The van der Waals surface area contributed by atoms with E-state index in [0.29, 0.717) is 25.9 Å². The summed E-state index contributed by atoms with van der Waals surface area (Å²) in [4.78, 5) is 15.6. The number of nitrogens with zero attached hydrogens (tertiary/aromatic N) is 1. The molecule has 0 aliphatic carbocycles. The van der Waals surface area contributed by atoms with Crippen molar-refractivity contribution in [3.05, 3.63) is 77.6 Å². The van der Waals surface area contributed by atoms with Crippen molar-refractivity contribution in [3.63, 3.8) is 0 Å². The maximum atomic E-state index is 12.9. The van der Waals surface area contributed by atoms with Crippen LogP contribution in [0.1, 0.15) is 24.0 Å². The number of carbonyl (C=O) groups excluding carboxylic acids is 1. The maximum absolute atomic E-state index is 12.9. The van der Waals surface area contributed by atoms with Crippen LogP contribution in [0.4, 0.5) is 4.39 Å². The number of hydrogen-bond donors (Lipinski definition) is 1. The first-order chi connectivity index (χ1) is 12.5. The highest BCUT2D eigenvalue weighted by atomic mass is 19.1. The van der Waals surface area contributed by atoms with Crippen LogP contribution < -0.4 is 10.5 Å². The molecule has 5 heteroatoms. The zero-order valence-electron chi connectivity index (χ0n) is 14.4. The molecule has 3 rings (SSSR count). The molecular weight excluding hydrogens is 331 g/mol.